The molecule has 1 amide bonds. The van der Waals surface area contributed by atoms with Crippen LogP contribution < -0.4 is 0 Å². The summed E-state index contributed by atoms with van der Waals surface area (Å²) in [6.45, 7) is 3.62. The third kappa shape index (κ3) is 3.85. The fourth-order valence-corrected chi connectivity index (χ4v) is 4.12. The number of hydrogen-bond acceptors (Lipinski definition) is 7. The van der Waals surface area contributed by atoms with E-state index in [4.69, 9.17) is 9.26 Å². The highest BCUT2D eigenvalue weighted by Gasteiger charge is 2.42. The molecule has 1 saturated heterocycles. The molecule has 9 nitrogen and oxygen atoms in total. The number of nitrogens with zero attached hydrogens (tertiary/aromatic N) is 6. The van der Waals surface area contributed by atoms with Crippen LogP contribution in [0.5, 0.6) is 0 Å². The van der Waals surface area contributed by atoms with Gasteiger partial charge in [-0.2, -0.15) is 10.1 Å². The van der Waals surface area contributed by atoms with Crippen LogP contribution in [-0.4, -0.2) is 62.5 Å². The zero-order chi connectivity index (χ0) is 21.1. The van der Waals surface area contributed by atoms with E-state index in [-0.39, 0.29) is 5.91 Å². The number of ether oxygens (including phenoxy) is 1. The Balaban J connectivity index is 1.64. The Morgan fingerprint density at radius 3 is 2.97 bits per heavy atom. The lowest BCUT2D eigenvalue weighted by molar-refractivity contribution is 0.0557. The summed E-state index contributed by atoms with van der Waals surface area (Å²) < 4.78 is 12.6. The minimum Gasteiger partial charge on any atom is -0.385 e. The molecular formula is C21H26N6O3. The van der Waals surface area contributed by atoms with Crippen molar-refractivity contribution in [3.05, 3.63) is 47.8 Å². The monoisotopic (exact) mass is 410 g/mol. The van der Waals surface area contributed by atoms with Gasteiger partial charge in [-0.1, -0.05) is 5.16 Å². The number of amides is 1. The first-order valence-electron chi connectivity index (χ1n) is 10.1. The number of carbonyl (C=O) groups is 1. The maximum absolute atomic E-state index is 13.2. The van der Waals surface area contributed by atoms with Crippen molar-refractivity contribution in [1.82, 2.24) is 29.8 Å². The molecule has 1 aliphatic heterocycles. The van der Waals surface area contributed by atoms with Crippen molar-refractivity contribution in [2.75, 3.05) is 26.8 Å². The normalized spacial score (nSPS) is 19.2. The molecule has 0 saturated carbocycles. The molecule has 9 heteroatoms. The zero-order valence-electron chi connectivity index (χ0n) is 17.5. The SMILES string of the molecule is COCCC1(c2noc(-c3cccnc3)n2)CCCN(C(=O)c2cc(C)nn2C)C1. The summed E-state index contributed by atoms with van der Waals surface area (Å²) in [5.41, 5.74) is 1.75. The fourth-order valence-electron chi connectivity index (χ4n) is 4.12. The van der Waals surface area contributed by atoms with Crippen LogP contribution in [0.2, 0.25) is 0 Å². The maximum atomic E-state index is 13.2. The predicted molar refractivity (Wildman–Crippen MR) is 109 cm³/mol. The fraction of sp³-hybridized carbons (Fsp3) is 0.476. The minimum atomic E-state index is -0.429. The van der Waals surface area contributed by atoms with E-state index in [0.717, 1.165) is 24.1 Å². The third-order valence-corrected chi connectivity index (χ3v) is 5.68. The van der Waals surface area contributed by atoms with Crippen molar-refractivity contribution < 1.29 is 14.1 Å². The Morgan fingerprint density at radius 1 is 1.40 bits per heavy atom. The Kier molecular flexibility index (Phi) is 5.63. The molecule has 4 rings (SSSR count). The van der Waals surface area contributed by atoms with Gasteiger partial charge in [-0.15, -0.1) is 0 Å². The molecule has 3 aromatic rings. The van der Waals surface area contributed by atoms with E-state index in [1.165, 1.54) is 0 Å². The summed E-state index contributed by atoms with van der Waals surface area (Å²) in [6, 6.07) is 5.53. The van der Waals surface area contributed by atoms with Gasteiger partial charge in [-0.3, -0.25) is 14.5 Å². The first-order valence-corrected chi connectivity index (χ1v) is 10.1. The van der Waals surface area contributed by atoms with Crippen molar-refractivity contribution in [1.29, 1.82) is 0 Å². The number of methoxy groups -OCH3 is 1. The highest BCUT2D eigenvalue weighted by atomic mass is 16.5. The van der Waals surface area contributed by atoms with Gasteiger partial charge in [0.15, 0.2) is 5.82 Å². The van der Waals surface area contributed by atoms with Crippen molar-refractivity contribution in [3.8, 4) is 11.5 Å². The number of aromatic nitrogens is 5. The molecule has 0 radical (unpaired) electrons. The van der Waals surface area contributed by atoms with Gasteiger partial charge < -0.3 is 14.2 Å². The molecule has 30 heavy (non-hydrogen) atoms. The second kappa shape index (κ2) is 8.35. The van der Waals surface area contributed by atoms with E-state index in [1.807, 2.05) is 30.0 Å². The molecular weight excluding hydrogens is 384 g/mol. The number of aryl methyl sites for hydroxylation is 2. The van der Waals surface area contributed by atoms with Gasteiger partial charge in [0.2, 0.25) is 0 Å². The number of hydrogen-bond donors (Lipinski definition) is 0. The lowest BCUT2D eigenvalue weighted by atomic mass is 9.76. The lowest BCUT2D eigenvalue weighted by Gasteiger charge is -2.40. The van der Waals surface area contributed by atoms with E-state index >= 15 is 0 Å². The molecule has 158 valence electrons. The lowest BCUT2D eigenvalue weighted by Crippen LogP contribution is -2.50. The summed E-state index contributed by atoms with van der Waals surface area (Å²) >= 11 is 0. The van der Waals surface area contributed by atoms with Gasteiger partial charge in [0.25, 0.3) is 11.8 Å². The average Bonchev–Trinajstić information content (AvgIpc) is 3.39. The molecule has 0 spiro atoms. The highest BCUT2D eigenvalue weighted by molar-refractivity contribution is 5.92. The number of rotatable bonds is 6. The Bertz CT molecular complexity index is 1010. The molecule has 0 aromatic carbocycles. The van der Waals surface area contributed by atoms with Gasteiger partial charge in [0.1, 0.15) is 5.69 Å². The van der Waals surface area contributed by atoms with E-state index < -0.39 is 5.41 Å². The van der Waals surface area contributed by atoms with Gasteiger partial charge in [-0.25, -0.2) is 0 Å². The van der Waals surface area contributed by atoms with Crippen LogP contribution in [-0.2, 0) is 17.2 Å². The molecule has 3 aromatic heterocycles. The van der Waals surface area contributed by atoms with Gasteiger partial charge in [-0.05, 0) is 44.4 Å². The van der Waals surface area contributed by atoms with Crippen LogP contribution in [0.3, 0.4) is 0 Å². The second-order valence-electron chi connectivity index (χ2n) is 7.81. The van der Waals surface area contributed by atoms with Gasteiger partial charge in [0.05, 0.1) is 16.7 Å². The number of piperidine rings is 1. The van der Waals surface area contributed by atoms with Crippen molar-refractivity contribution in [2.24, 2.45) is 7.05 Å². The van der Waals surface area contributed by atoms with E-state index in [0.29, 0.717) is 43.5 Å². The summed E-state index contributed by atoms with van der Waals surface area (Å²) in [5.74, 6) is 1.01. The molecule has 1 unspecified atom stereocenters. The van der Waals surface area contributed by atoms with Crippen molar-refractivity contribution in [3.63, 3.8) is 0 Å². The van der Waals surface area contributed by atoms with E-state index in [9.17, 15) is 4.79 Å². The summed E-state index contributed by atoms with van der Waals surface area (Å²) in [6.07, 6.45) is 5.80. The summed E-state index contributed by atoms with van der Waals surface area (Å²) in [4.78, 5) is 23.9. The number of carbonyl (C=O) groups excluding carboxylic acids is 1. The van der Waals surface area contributed by atoms with Crippen molar-refractivity contribution in [2.45, 2.75) is 31.6 Å². The summed E-state index contributed by atoms with van der Waals surface area (Å²) in [7, 11) is 3.47. The minimum absolute atomic E-state index is 0.0319. The van der Waals surface area contributed by atoms with Crippen LogP contribution in [0.15, 0.2) is 35.1 Å². The van der Waals surface area contributed by atoms with Gasteiger partial charge in [0, 0.05) is 46.2 Å². The summed E-state index contributed by atoms with van der Waals surface area (Å²) in [5, 5.41) is 8.62. The largest absolute Gasteiger partial charge is 0.385 e. The molecule has 1 atom stereocenters. The predicted octanol–water partition coefficient (Wildman–Crippen LogP) is 2.38. The average molecular weight is 410 g/mol. The molecule has 1 aliphatic rings. The molecule has 0 N–H and O–H groups in total. The van der Waals surface area contributed by atoms with Crippen LogP contribution in [0.25, 0.3) is 11.5 Å². The van der Waals surface area contributed by atoms with E-state index in [2.05, 4.69) is 20.2 Å². The van der Waals surface area contributed by atoms with Crippen LogP contribution in [0, 0.1) is 6.92 Å². The zero-order valence-corrected chi connectivity index (χ0v) is 17.5. The molecule has 4 heterocycles. The third-order valence-electron chi connectivity index (χ3n) is 5.68. The molecule has 1 fully saturated rings. The Hall–Kier alpha value is -3.07. The molecule has 0 aliphatic carbocycles. The van der Waals surface area contributed by atoms with Crippen LogP contribution in [0.1, 0.15) is 41.3 Å². The van der Waals surface area contributed by atoms with Crippen LogP contribution >= 0.6 is 0 Å². The number of likely N-dealkylation sites (tertiary alicyclic amines) is 1. The quantitative estimate of drug-likeness (QED) is 0.615. The maximum Gasteiger partial charge on any atom is 0.272 e. The Morgan fingerprint density at radius 2 is 2.27 bits per heavy atom. The highest BCUT2D eigenvalue weighted by Crippen LogP contribution is 2.37. The second-order valence-corrected chi connectivity index (χ2v) is 7.81. The number of pyridine rings is 1. The van der Waals surface area contributed by atoms with Crippen LogP contribution in [0.4, 0.5) is 0 Å². The van der Waals surface area contributed by atoms with Crippen molar-refractivity contribution >= 4 is 5.91 Å². The smallest absolute Gasteiger partial charge is 0.272 e. The standard InChI is InChI=1S/C21H26N6O3/c1-15-12-17(26(2)24-15)19(28)27-10-5-7-21(14-27,8-11-29-3)20-23-18(30-25-20)16-6-4-9-22-13-16/h4,6,9,12-13H,5,7-8,10-11,14H2,1-3H3. The molecule has 0 bridgehead atoms. The Labute approximate surface area is 175 Å². The topological polar surface area (TPSA) is 99.2 Å². The van der Waals surface area contributed by atoms with E-state index in [1.54, 1.807) is 31.2 Å². The van der Waals surface area contributed by atoms with Gasteiger partial charge >= 0.3 is 0 Å². The first-order chi connectivity index (χ1) is 14.5. The first kappa shape index (κ1) is 20.2.